The van der Waals surface area contributed by atoms with Crippen molar-refractivity contribution in [3.05, 3.63) is 35.4 Å². The maximum atomic E-state index is 11.6. The standard InChI is InChI=1S/C19H31N5O.HI/c1-4-20-19(22-11-10-21-18(25)17-8-9-17)23-13-15-6-5-7-16(12-15)14-24(2)3;/h5-7,12,17H,4,8-11,13-14H2,1-3H3,(H,21,25)(H2,20,22,23);1H. The molecule has 0 bridgehead atoms. The van der Waals surface area contributed by atoms with Crippen molar-refractivity contribution in [3.8, 4) is 0 Å². The van der Waals surface area contributed by atoms with Gasteiger partial charge < -0.3 is 20.9 Å². The van der Waals surface area contributed by atoms with Gasteiger partial charge in [0.25, 0.3) is 0 Å². The average molecular weight is 473 g/mol. The van der Waals surface area contributed by atoms with E-state index in [4.69, 9.17) is 0 Å². The number of carbonyl (C=O) groups is 1. The Hall–Kier alpha value is -1.35. The van der Waals surface area contributed by atoms with E-state index in [1.807, 2.05) is 6.92 Å². The van der Waals surface area contributed by atoms with Crippen molar-refractivity contribution in [2.24, 2.45) is 10.9 Å². The van der Waals surface area contributed by atoms with Gasteiger partial charge in [-0.1, -0.05) is 24.3 Å². The molecule has 7 heteroatoms. The van der Waals surface area contributed by atoms with Gasteiger partial charge in [-0.3, -0.25) is 4.79 Å². The van der Waals surface area contributed by atoms with Crippen LogP contribution in [0.15, 0.2) is 29.3 Å². The van der Waals surface area contributed by atoms with E-state index < -0.39 is 0 Å². The fraction of sp³-hybridized carbons (Fsp3) is 0.579. The number of hydrogen-bond acceptors (Lipinski definition) is 3. The van der Waals surface area contributed by atoms with Crippen LogP contribution in [0.2, 0.25) is 0 Å². The highest BCUT2D eigenvalue weighted by Gasteiger charge is 2.28. The number of aliphatic imine (C=N–C) groups is 1. The second-order valence-corrected chi connectivity index (χ2v) is 6.74. The SMILES string of the molecule is CCNC(=NCc1cccc(CN(C)C)c1)NCCNC(=O)C1CC1.I. The second kappa shape index (κ2) is 12.1. The highest BCUT2D eigenvalue weighted by molar-refractivity contribution is 14.0. The van der Waals surface area contributed by atoms with Gasteiger partial charge in [-0.05, 0) is 45.0 Å². The Labute approximate surface area is 174 Å². The summed E-state index contributed by atoms with van der Waals surface area (Å²) in [5.41, 5.74) is 2.48. The van der Waals surface area contributed by atoms with Crippen molar-refractivity contribution in [2.75, 3.05) is 33.7 Å². The molecule has 26 heavy (non-hydrogen) atoms. The van der Waals surface area contributed by atoms with E-state index in [1.54, 1.807) is 0 Å². The normalized spacial score (nSPS) is 13.9. The van der Waals surface area contributed by atoms with Gasteiger partial charge in [0, 0.05) is 32.1 Å². The summed E-state index contributed by atoms with van der Waals surface area (Å²) >= 11 is 0. The molecule has 0 aromatic heterocycles. The fourth-order valence-electron chi connectivity index (χ4n) is 2.56. The molecule has 1 aromatic carbocycles. The molecule has 1 saturated carbocycles. The van der Waals surface area contributed by atoms with Crippen LogP contribution in [0, 0.1) is 5.92 Å². The molecule has 1 aliphatic carbocycles. The van der Waals surface area contributed by atoms with E-state index in [0.717, 1.165) is 31.9 Å². The van der Waals surface area contributed by atoms with Gasteiger partial charge in [0.2, 0.25) is 5.91 Å². The fourth-order valence-corrected chi connectivity index (χ4v) is 2.56. The van der Waals surface area contributed by atoms with Gasteiger partial charge in [-0.15, -0.1) is 24.0 Å². The Kier molecular flexibility index (Phi) is 10.6. The number of nitrogens with one attached hydrogen (secondary N) is 3. The molecule has 1 fully saturated rings. The maximum Gasteiger partial charge on any atom is 0.223 e. The lowest BCUT2D eigenvalue weighted by atomic mass is 10.1. The number of rotatable bonds is 9. The zero-order valence-corrected chi connectivity index (χ0v) is 18.4. The minimum Gasteiger partial charge on any atom is -0.357 e. The summed E-state index contributed by atoms with van der Waals surface area (Å²) in [5, 5.41) is 9.46. The molecule has 1 aliphatic rings. The Morgan fingerprint density at radius 1 is 1.15 bits per heavy atom. The van der Waals surface area contributed by atoms with Crippen LogP contribution >= 0.6 is 24.0 Å². The molecule has 1 aromatic rings. The lowest BCUT2D eigenvalue weighted by Gasteiger charge is -2.13. The largest absolute Gasteiger partial charge is 0.357 e. The third-order valence-corrected chi connectivity index (χ3v) is 3.92. The Balaban J connectivity index is 0.00000338. The van der Waals surface area contributed by atoms with Crippen LogP contribution in [0.5, 0.6) is 0 Å². The molecule has 0 heterocycles. The number of nitrogens with zero attached hydrogens (tertiary/aromatic N) is 2. The summed E-state index contributed by atoms with van der Waals surface area (Å²) in [6.07, 6.45) is 2.08. The van der Waals surface area contributed by atoms with Crippen molar-refractivity contribution in [1.29, 1.82) is 0 Å². The van der Waals surface area contributed by atoms with Gasteiger partial charge >= 0.3 is 0 Å². The predicted molar refractivity (Wildman–Crippen MR) is 118 cm³/mol. The van der Waals surface area contributed by atoms with Gasteiger partial charge in [-0.25, -0.2) is 4.99 Å². The topological polar surface area (TPSA) is 68.8 Å². The van der Waals surface area contributed by atoms with Crippen LogP contribution in [0.25, 0.3) is 0 Å². The third-order valence-electron chi connectivity index (χ3n) is 3.92. The second-order valence-electron chi connectivity index (χ2n) is 6.74. The molecule has 0 saturated heterocycles. The first-order valence-corrected chi connectivity index (χ1v) is 9.11. The van der Waals surface area contributed by atoms with E-state index >= 15 is 0 Å². The highest BCUT2D eigenvalue weighted by atomic mass is 127. The molecule has 1 amide bonds. The van der Waals surface area contributed by atoms with Gasteiger partial charge in [0.1, 0.15) is 0 Å². The van der Waals surface area contributed by atoms with E-state index in [2.05, 4.69) is 64.2 Å². The van der Waals surface area contributed by atoms with E-state index in [0.29, 0.717) is 19.6 Å². The lowest BCUT2D eigenvalue weighted by molar-refractivity contribution is -0.122. The van der Waals surface area contributed by atoms with Crippen molar-refractivity contribution < 1.29 is 4.79 Å². The van der Waals surface area contributed by atoms with Crippen LogP contribution in [-0.4, -0.2) is 50.5 Å². The zero-order valence-electron chi connectivity index (χ0n) is 16.0. The number of guanidine groups is 1. The molecule has 146 valence electrons. The molecule has 0 aliphatic heterocycles. The van der Waals surface area contributed by atoms with Gasteiger partial charge in [-0.2, -0.15) is 0 Å². The van der Waals surface area contributed by atoms with Crippen molar-refractivity contribution in [1.82, 2.24) is 20.9 Å². The summed E-state index contributed by atoms with van der Waals surface area (Å²) in [4.78, 5) is 18.4. The maximum absolute atomic E-state index is 11.6. The van der Waals surface area contributed by atoms with Gasteiger partial charge in [0.15, 0.2) is 5.96 Å². The number of amides is 1. The minimum atomic E-state index is 0. The molecular weight excluding hydrogens is 441 g/mol. The Morgan fingerprint density at radius 2 is 1.85 bits per heavy atom. The van der Waals surface area contributed by atoms with Gasteiger partial charge in [0.05, 0.1) is 6.54 Å². The molecule has 2 rings (SSSR count). The van der Waals surface area contributed by atoms with Crippen LogP contribution in [-0.2, 0) is 17.9 Å². The minimum absolute atomic E-state index is 0. The zero-order chi connectivity index (χ0) is 18.1. The monoisotopic (exact) mass is 473 g/mol. The van der Waals surface area contributed by atoms with Crippen molar-refractivity contribution in [3.63, 3.8) is 0 Å². The summed E-state index contributed by atoms with van der Waals surface area (Å²) in [6, 6.07) is 8.52. The first-order chi connectivity index (χ1) is 12.1. The van der Waals surface area contributed by atoms with E-state index in [-0.39, 0.29) is 35.8 Å². The highest BCUT2D eigenvalue weighted by Crippen LogP contribution is 2.28. The van der Waals surface area contributed by atoms with Crippen molar-refractivity contribution >= 4 is 35.8 Å². The van der Waals surface area contributed by atoms with E-state index in [1.165, 1.54) is 11.1 Å². The predicted octanol–water partition coefficient (Wildman–Crippen LogP) is 1.95. The molecule has 6 nitrogen and oxygen atoms in total. The molecular formula is C19H32IN5O. The average Bonchev–Trinajstić information content (AvgIpc) is 3.41. The number of carbonyl (C=O) groups excluding carboxylic acids is 1. The Morgan fingerprint density at radius 3 is 2.50 bits per heavy atom. The smallest absolute Gasteiger partial charge is 0.223 e. The van der Waals surface area contributed by atoms with Crippen LogP contribution in [0.4, 0.5) is 0 Å². The number of benzene rings is 1. The number of hydrogen-bond donors (Lipinski definition) is 3. The van der Waals surface area contributed by atoms with Crippen molar-refractivity contribution in [2.45, 2.75) is 32.9 Å². The van der Waals surface area contributed by atoms with E-state index in [9.17, 15) is 4.79 Å². The molecule has 0 atom stereocenters. The molecule has 0 radical (unpaired) electrons. The molecule has 0 spiro atoms. The summed E-state index contributed by atoms with van der Waals surface area (Å²) in [5.74, 6) is 1.22. The lowest BCUT2D eigenvalue weighted by Crippen LogP contribution is -2.41. The summed E-state index contributed by atoms with van der Waals surface area (Å²) in [7, 11) is 4.14. The number of halogens is 1. The summed E-state index contributed by atoms with van der Waals surface area (Å²) in [6.45, 7) is 5.70. The van der Waals surface area contributed by atoms with Crippen LogP contribution in [0.1, 0.15) is 30.9 Å². The quantitative estimate of drug-likeness (QED) is 0.222. The Bertz CT molecular complexity index is 587. The molecule has 0 unspecified atom stereocenters. The van der Waals surface area contributed by atoms with Crippen LogP contribution < -0.4 is 16.0 Å². The first kappa shape index (κ1) is 22.7. The van der Waals surface area contributed by atoms with Crippen LogP contribution in [0.3, 0.4) is 0 Å². The third kappa shape index (κ3) is 8.84. The summed E-state index contributed by atoms with van der Waals surface area (Å²) < 4.78 is 0. The molecule has 3 N–H and O–H groups in total. The first-order valence-electron chi connectivity index (χ1n) is 9.11.